The van der Waals surface area contributed by atoms with E-state index < -0.39 is 0 Å². The molecule has 2 aliphatic carbocycles. The molecule has 1 fully saturated rings. The van der Waals surface area contributed by atoms with Gasteiger partial charge in [0.2, 0.25) is 0 Å². The van der Waals surface area contributed by atoms with Gasteiger partial charge in [0.25, 0.3) is 5.56 Å². The minimum absolute atomic E-state index is 0.0428. The summed E-state index contributed by atoms with van der Waals surface area (Å²) in [6.45, 7) is 2.80. The van der Waals surface area contributed by atoms with E-state index >= 15 is 0 Å². The maximum absolute atomic E-state index is 14.2. The van der Waals surface area contributed by atoms with Crippen LogP contribution in [0.2, 0.25) is 0 Å². The van der Waals surface area contributed by atoms with Gasteiger partial charge in [0.1, 0.15) is 0 Å². The lowest BCUT2D eigenvalue weighted by Crippen LogP contribution is -2.40. The van der Waals surface area contributed by atoms with E-state index in [0.29, 0.717) is 6.54 Å². The highest BCUT2D eigenvalue weighted by molar-refractivity contribution is 7.99. The second-order valence-corrected chi connectivity index (χ2v) is 10.1. The van der Waals surface area contributed by atoms with Crippen molar-refractivity contribution in [3.63, 3.8) is 0 Å². The lowest BCUT2D eigenvalue weighted by atomic mass is 9.68. The molecule has 1 heterocycles. The van der Waals surface area contributed by atoms with Crippen LogP contribution >= 0.6 is 11.8 Å². The molecule has 160 valence electrons. The van der Waals surface area contributed by atoms with Crippen LogP contribution in [0.5, 0.6) is 0 Å². The van der Waals surface area contributed by atoms with Gasteiger partial charge in [-0.05, 0) is 36.8 Å². The normalized spacial score (nSPS) is 16.3. The van der Waals surface area contributed by atoms with Crippen molar-refractivity contribution in [3.05, 3.63) is 81.6 Å². The lowest BCUT2D eigenvalue weighted by molar-refractivity contribution is 0.417. The van der Waals surface area contributed by atoms with Gasteiger partial charge in [-0.25, -0.2) is 4.98 Å². The van der Waals surface area contributed by atoms with Crippen LogP contribution < -0.4 is 5.56 Å². The quantitative estimate of drug-likeness (QED) is 0.265. The highest BCUT2D eigenvalue weighted by Gasteiger charge is 2.44. The monoisotopic (exact) mass is 430 g/mol. The van der Waals surface area contributed by atoms with E-state index in [4.69, 9.17) is 4.98 Å². The number of fused-ring (bicyclic) bond motifs is 4. The largest absolute Gasteiger partial charge is 0.283 e. The van der Waals surface area contributed by atoms with Crippen LogP contribution in [0.15, 0.2) is 64.5 Å². The second-order valence-electron chi connectivity index (χ2n) is 9.02. The van der Waals surface area contributed by atoms with Gasteiger partial charge >= 0.3 is 0 Å². The first-order valence-corrected chi connectivity index (χ1v) is 12.6. The zero-order valence-electron chi connectivity index (χ0n) is 18.3. The topological polar surface area (TPSA) is 34.9 Å². The molecule has 0 bridgehead atoms. The first-order chi connectivity index (χ1) is 15.2. The first kappa shape index (κ1) is 20.6. The summed E-state index contributed by atoms with van der Waals surface area (Å²) < 4.78 is 1.96. The van der Waals surface area contributed by atoms with Crippen LogP contribution in [-0.2, 0) is 18.4 Å². The molecule has 2 aliphatic rings. The molecule has 3 aromatic rings. The summed E-state index contributed by atoms with van der Waals surface area (Å²) in [6.07, 6.45) is 7.84. The predicted molar refractivity (Wildman–Crippen MR) is 129 cm³/mol. The van der Waals surface area contributed by atoms with E-state index in [2.05, 4.69) is 43.3 Å². The molecule has 1 spiro atoms. The number of benzene rings is 2. The molecule has 0 N–H and O–H groups in total. The molecule has 3 nitrogen and oxygen atoms in total. The van der Waals surface area contributed by atoms with Gasteiger partial charge in [-0.15, -0.1) is 0 Å². The van der Waals surface area contributed by atoms with Crippen molar-refractivity contribution < 1.29 is 0 Å². The smallest absolute Gasteiger partial charge is 0.258 e. The molecule has 31 heavy (non-hydrogen) atoms. The number of unbranched alkanes of at least 4 members (excludes halogenated alkanes) is 1. The van der Waals surface area contributed by atoms with Gasteiger partial charge in [0.05, 0.1) is 17.8 Å². The molecule has 0 saturated heterocycles. The number of rotatable bonds is 6. The minimum atomic E-state index is -0.0428. The van der Waals surface area contributed by atoms with E-state index in [-0.39, 0.29) is 11.0 Å². The van der Waals surface area contributed by atoms with E-state index in [1.165, 1.54) is 18.4 Å². The summed E-state index contributed by atoms with van der Waals surface area (Å²) in [5.74, 6) is 0.989. The Kier molecular flexibility index (Phi) is 5.75. The van der Waals surface area contributed by atoms with Gasteiger partial charge in [-0.2, -0.15) is 0 Å². The van der Waals surface area contributed by atoms with Gasteiger partial charge in [0.15, 0.2) is 5.16 Å². The molecule has 1 aromatic heterocycles. The summed E-state index contributed by atoms with van der Waals surface area (Å²) in [5, 5.41) is 0.867. The van der Waals surface area contributed by atoms with Crippen molar-refractivity contribution in [2.75, 3.05) is 5.75 Å². The standard InChI is InChI=1S/C27H30N2OS/c1-2-3-17-31-26-28-24-22-14-8-7-13-21(22)18-27(15-9-10-16-27)23(24)25(30)29(26)19-20-11-5-4-6-12-20/h4-8,11-14H,2-3,9-10,15-19H2,1H3. The van der Waals surface area contributed by atoms with Crippen molar-refractivity contribution >= 4 is 11.8 Å². The second kappa shape index (κ2) is 8.66. The van der Waals surface area contributed by atoms with E-state index in [9.17, 15) is 4.79 Å². The van der Waals surface area contributed by atoms with Gasteiger partial charge in [-0.3, -0.25) is 9.36 Å². The zero-order chi connectivity index (χ0) is 21.3. The van der Waals surface area contributed by atoms with Gasteiger partial charge in [0, 0.05) is 16.7 Å². The third-order valence-electron chi connectivity index (χ3n) is 6.94. The van der Waals surface area contributed by atoms with Crippen LogP contribution in [0.1, 0.15) is 62.1 Å². The Bertz CT molecular complexity index is 1130. The molecular formula is C27H30N2OS. The Balaban J connectivity index is 1.71. The fourth-order valence-corrected chi connectivity index (χ4v) is 6.44. The minimum Gasteiger partial charge on any atom is -0.283 e. The zero-order valence-corrected chi connectivity index (χ0v) is 19.1. The maximum atomic E-state index is 14.2. The van der Waals surface area contributed by atoms with Crippen LogP contribution in [0.25, 0.3) is 11.3 Å². The fourth-order valence-electron chi connectivity index (χ4n) is 5.37. The molecule has 2 aromatic carbocycles. The third kappa shape index (κ3) is 3.76. The Morgan fingerprint density at radius 3 is 2.55 bits per heavy atom. The number of aromatic nitrogens is 2. The summed E-state index contributed by atoms with van der Waals surface area (Å²) in [7, 11) is 0. The van der Waals surface area contributed by atoms with Crippen molar-refractivity contribution in [2.24, 2.45) is 0 Å². The van der Waals surface area contributed by atoms with Crippen molar-refractivity contribution in [2.45, 2.75) is 69.0 Å². The number of thioether (sulfide) groups is 1. The molecule has 0 unspecified atom stereocenters. The highest BCUT2D eigenvalue weighted by atomic mass is 32.2. The molecule has 0 radical (unpaired) electrons. The maximum Gasteiger partial charge on any atom is 0.258 e. The van der Waals surface area contributed by atoms with E-state index in [0.717, 1.165) is 65.4 Å². The third-order valence-corrected chi connectivity index (χ3v) is 8.00. The molecule has 4 heteroatoms. The Hall–Kier alpha value is -2.33. The van der Waals surface area contributed by atoms with Gasteiger partial charge in [-0.1, -0.05) is 92.5 Å². The Morgan fingerprint density at radius 1 is 1.03 bits per heavy atom. The van der Waals surface area contributed by atoms with Crippen LogP contribution in [-0.4, -0.2) is 15.3 Å². The average Bonchev–Trinajstić information content (AvgIpc) is 3.25. The first-order valence-electron chi connectivity index (χ1n) is 11.6. The van der Waals surface area contributed by atoms with Crippen molar-refractivity contribution in [3.8, 4) is 11.3 Å². The van der Waals surface area contributed by atoms with E-state index in [1.54, 1.807) is 11.8 Å². The molecule has 0 aliphatic heterocycles. The molecule has 0 amide bonds. The Morgan fingerprint density at radius 2 is 1.77 bits per heavy atom. The molecule has 5 rings (SSSR count). The number of hydrogen-bond donors (Lipinski definition) is 0. The van der Waals surface area contributed by atoms with E-state index in [1.807, 2.05) is 22.8 Å². The van der Waals surface area contributed by atoms with Crippen LogP contribution in [0.3, 0.4) is 0 Å². The SMILES string of the molecule is CCCCSc1nc2c(c(=O)n1Cc1ccccc1)C1(CCCC1)Cc1ccccc1-2. The highest BCUT2D eigenvalue weighted by Crippen LogP contribution is 2.50. The van der Waals surface area contributed by atoms with Crippen molar-refractivity contribution in [1.29, 1.82) is 0 Å². The Labute approximate surface area is 188 Å². The summed E-state index contributed by atoms with van der Waals surface area (Å²) >= 11 is 1.74. The average molecular weight is 431 g/mol. The van der Waals surface area contributed by atoms with Gasteiger partial charge < -0.3 is 0 Å². The van der Waals surface area contributed by atoms with Crippen molar-refractivity contribution in [1.82, 2.24) is 9.55 Å². The fraction of sp³-hybridized carbons (Fsp3) is 0.407. The van der Waals surface area contributed by atoms with Crippen LogP contribution in [0.4, 0.5) is 0 Å². The molecule has 1 saturated carbocycles. The van der Waals surface area contributed by atoms with Crippen LogP contribution in [0, 0.1) is 0 Å². The lowest BCUT2D eigenvalue weighted by Gasteiger charge is -2.36. The predicted octanol–water partition coefficient (Wildman–Crippen LogP) is 6.22. The number of hydrogen-bond acceptors (Lipinski definition) is 3. The molecular weight excluding hydrogens is 400 g/mol. The molecule has 0 atom stereocenters. The summed E-state index contributed by atoms with van der Waals surface area (Å²) in [4.78, 5) is 19.4. The number of nitrogens with zero attached hydrogens (tertiary/aromatic N) is 2. The summed E-state index contributed by atoms with van der Waals surface area (Å²) in [6, 6.07) is 18.9. The summed E-state index contributed by atoms with van der Waals surface area (Å²) in [5.41, 5.74) is 5.75.